The van der Waals surface area contributed by atoms with Gasteiger partial charge in [-0.05, 0) is 37.8 Å². The quantitative estimate of drug-likeness (QED) is 0.717. The topological polar surface area (TPSA) is 84.6 Å². The molecule has 1 aliphatic carbocycles. The van der Waals surface area contributed by atoms with E-state index in [1.54, 1.807) is 0 Å². The minimum Gasteiger partial charge on any atom is -0.355 e. The van der Waals surface area contributed by atoms with Gasteiger partial charge in [0.2, 0.25) is 5.91 Å². The van der Waals surface area contributed by atoms with Gasteiger partial charge in [0, 0.05) is 61.7 Å². The monoisotopic (exact) mass is 444 g/mol. The zero-order valence-electron chi connectivity index (χ0n) is 17.7. The Morgan fingerprint density at radius 2 is 1.84 bits per heavy atom. The number of aromatic amines is 1. The maximum atomic E-state index is 13.5. The van der Waals surface area contributed by atoms with E-state index in [2.05, 4.69) is 26.5 Å². The highest BCUT2D eigenvalue weighted by Gasteiger charge is 2.32. The Bertz CT molecular complexity index is 1020. The Labute approximate surface area is 184 Å². The number of hydrogen-bond donors (Lipinski definition) is 2. The zero-order valence-corrected chi connectivity index (χ0v) is 17.7. The average molecular weight is 444 g/mol. The number of carbonyl (C=O) groups excluding carboxylic acids is 2. The normalized spacial score (nSPS) is 19.7. The Kier molecular flexibility index (Phi) is 5.44. The fraction of sp³-hybridized carbons (Fsp3) is 0.500. The average Bonchev–Trinajstić information content (AvgIpc) is 3.41. The molecule has 2 aliphatic heterocycles. The summed E-state index contributed by atoms with van der Waals surface area (Å²) in [4.78, 5) is 30.2. The van der Waals surface area contributed by atoms with Crippen molar-refractivity contribution in [1.29, 1.82) is 0 Å². The Hall–Kier alpha value is -3.17. The van der Waals surface area contributed by atoms with Crippen LogP contribution in [0.4, 0.5) is 25.1 Å². The number of amides is 3. The van der Waals surface area contributed by atoms with Crippen molar-refractivity contribution >= 4 is 23.4 Å². The minimum atomic E-state index is -1.00. The maximum absolute atomic E-state index is 13.5. The number of carbonyl (C=O) groups is 2. The third-order valence-corrected chi connectivity index (χ3v) is 6.43. The summed E-state index contributed by atoms with van der Waals surface area (Å²) in [6, 6.07) is 5.16. The second-order valence-electron chi connectivity index (χ2n) is 8.74. The fourth-order valence-electron chi connectivity index (χ4n) is 4.41. The van der Waals surface area contributed by atoms with E-state index in [1.807, 2.05) is 0 Å². The third-order valence-electron chi connectivity index (χ3n) is 6.43. The first kappa shape index (κ1) is 20.7. The van der Waals surface area contributed by atoms with Crippen molar-refractivity contribution in [3.05, 3.63) is 41.6 Å². The van der Waals surface area contributed by atoms with Crippen LogP contribution in [0.15, 0.2) is 24.3 Å². The van der Waals surface area contributed by atoms with Gasteiger partial charge in [-0.25, -0.2) is 13.6 Å². The van der Waals surface area contributed by atoms with Crippen molar-refractivity contribution in [2.45, 2.75) is 37.6 Å². The number of rotatable bonds is 6. The van der Waals surface area contributed by atoms with E-state index in [1.165, 1.54) is 34.4 Å². The number of urea groups is 1. The van der Waals surface area contributed by atoms with Gasteiger partial charge >= 0.3 is 6.03 Å². The number of nitrogens with one attached hydrogen (secondary N) is 2. The lowest BCUT2D eigenvalue weighted by Crippen LogP contribution is -2.48. The Balaban J connectivity index is 1.09. The Morgan fingerprint density at radius 3 is 2.56 bits per heavy atom. The number of halogens is 2. The van der Waals surface area contributed by atoms with Crippen LogP contribution in [0.3, 0.4) is 0 Å². The lowest BCUT2D eigenvalue weighted by atomic mass is 10.0. The molecular weight excluding hydrogens is 418 g/mol. The molecule has 0 bridgehead atoms. The molecule has 0 radical (unpaired) electrons. The van der Waals surface area contributed by atoms with E-state index in [0.29, 0.717) is 19.0 Å². The summed E-state index contributed by atoms with van der Waals surface area (Å²) in [6.07, 6.45) is 4.08. The summed E-state index contributed by atoms with van der Waals surface area (Å²) in [5.41, 5.74) is 1.50. The van der Waals surface area contributed by atoms with Crippen LogP contribution in [-0.2, 0) is 4.79 Å². The van der Waals surface area contributed by atoms with Crippen LogP contribution < -0.4 is 15.1 Å². The highest BCUT2D eigenvalue weighted by Crippen LogP contribution is 2.40. The molecule has 2 aromatic rings. The molecule has 1 saturated carbocycles. The van der Waals surface area contributed by atoms with E-state index < -0.39 is 11.6 Å². The number of H-pyrrole nitrogens is 1. The van der Waals surface area contributed by atoms with Crippen molar-refractivity contribution in [3.8, 4) is 0 Å². The molecule has 3 heterocycles. The highest BCUT2D eigenvalue weighted by molar-refractivity contribution is 5.96. The van der Waals surface area contributed by atoms with Crippen LogP contribution in [0.5, 0.6) is 0 Å². The molecule has 2 N–H and O–H groups in total. The summed E-state index contributed by atoms with van der Waals surface area (Å²) in [6.45, 7) is 2.25. The predicted molar refractivity (Wildman–Crippen MR) is 115 cm³/mol. The van der Waals surface area contributed by atoms with Crippen molar-refractivity contribution in [3.63, 3.8) is 0 Å². The second-order valence-corrected chi connectivity index (χ2v) is 8.74. The number of anilines is 2. The summed E-state index contributed by atoms with van der Waals surface area (Å²) in [5.74, 6) is -0.564. The summed E-state index contributed by atoms with van der Waals surface area (Å²) in [5, 5.41) is 10.6. The van der Waals surface area contributed by atoms with Gasteiger partial charge in [0.05, 0.1) is 0 Å². The molecule has 3 aliphatic rings. The number of aromatic nitrogens is 2. The van der Waals surface area contributed by atoms with Crippen molar-refractivity contribution < 1.29 is 18.4 Å². The van der Waals surface area contributed by atoms with E-state index in [4.69, 9.17) is 0 Å². The molecule has 2 saturated heterocycles. The first-order valence-corrected chi connectivity index (χ1v) is 11.1. The molecule has 0 atom stereocenters. The lowest BCUT2D eigenvalue weighted by Gasteiger charge is -2.32. The van der Waals surface area contributed by atoms with Crippen LogP contribution in [0, 0.1) is 11.6 Å². The van der Waals surface area contributed by atoms with Crippen LogP contribution in [0.1, 0.15) is 37.3 Å². The van der Waals surface area contributed by atoms with Gasteiger partial charge in [0.1, 0.15) is 6.54 Å². The number of benzene rings is 1. The molecule has 32 heavy (non-hydrogen) atoms. The van der Waals surface area contributed by atoms with Crippen LogP contribution >= 0.6 is 0 Å². The molecule has 3 fully saturated rings. The van der Waals surface area contributed by atoms with E-state index in [9.17, 15) is 18.4 Å². The highest BCUT2D eigenvalue weighted by atomic mass is 19.2. The first-order chi connectivity index (χ1) is 15.5. The van der Waals surface area contributed by atoms with Gasteiger partial charge < -0.3 is 15.1 Å². The molecule has 10 heteroatoms. The first-order valence-electron chi connectivity index (χ1n) is 11.1. The summed E-state index contributed by atoms with van der Waals surface area (Å²) in [7, 11) is 0. The van der Waals surface area contributed by atoms with Crippen molar-refractivity contribution in [2.75, 3.05) is 42.5 Å². The minimum absolute atomic E-state index is 0.0522. The predicted octanol–water partition coefficient (Wildman–Crippen LogP) is 2.59. The largest absolute Gasteiger partial charge is 0.355 e. The molecule has 0 spiro atoms. The summed E-state index contributed by atoms with van der Waals surface area (Å²) >= 11 is 0. The van der Waals surface area contributed by atoms with E-state index >= 15 is 0 Å². The fourth-order valence-corrected chi connectivity index (χ4v) is 4.41. The van der Waals surface area contributed by atoms with Crippen molar-refractivity contribution in [1.82, 2.24) is 20.4 Å². The molecule has 5 rings (SSSR count). The molecule has 8 nitrogen and oxygen atoms in total. The van der Waals surface area contributed by atoms with Gasteiger partial charge in [-0.15, -0.1) is 0 Å². The third kappa shape index (κ3) is 4.26. The Morgan fingerprint density at radius 1 is 1.06 bits per heavy atom. The number of nitrogens with zero attached hydrogens (tertiary/aromatic N) is 4. The SMILES string of the molecule is O=C(CN1CCN(c2ccc(F)c(F)c2)C1=O)NC1CCN(c2cc(C3CC3)[nH]n2)CC1. The molecule has 3 amide bonds. The molecule has 1 aromatic carbocycles. The van der Waals surface area contributed by atoms with Gasteiger partial charge in [0.15, 0.2) is 17.5 Å². The standard InChI is InChI=1S/C22H26F2N6O2/c23-17-4-3-16(11-18(17)24)30-10-9-29(22(30)32)13-21(31)25-15-5-7-28(8-6-15)20-12-19(26-27-20)14-1-2-14/h3-4,11-12,14-15H,1-2,5-10,13H2,(H,25,31)(H,26,27). The van der Waals surface area contributed by atoms with E-state index in [0.717, 1.165) is 43.9 Å². The van der Waals surface area contributed by atoms with Gasteiger partial charge in [-0.3, -0.25) is 14.8 Å². The number of piperidine rings is 1. The number of hydrogen-bond acceptors (Lipinski definition) is 4. The maximum Gasteiger partial charge on any atom is 0.325 e. The lowest BCUT2D eigenvalue weighted by molar-refractivity contribution is -0.122. The van der Waals surface area contributed by atoms with Crippen molar-refractivity contribution in [2.24, 2.45) is 0 Å². The van der Waals surface area contributed by atoms with Crippen LogP contribution in [-0.4, -0.2) is 65.8 Å². The van der Waals surface area contributed by atoms with Gasteiger partial charge in [-0.2, -0.15) is 5.10 Å². The van der Waals surface area contributed by atoms with Crippen LogP contribution in [0.25, 0.3) is 0 Å². The summed E-state index contributed by atoms with van der Waals surface area (Å²) < 4.78 is 26.7. The second kappa shape index (κ2) is 8.40. The molecular formula is C22H26F2N6O2. The van der Waals surface area contributed by atoms with E-state index in [-0.39, 0.29) is 30.2 Å². The molecule has 0 unspecified atom stereocenters. The smallest absolute Gasteiger partial charge is 0.325 e. The van der Waals surface area contributed by atoms with Gasteiger partial charge in [0.25, 0.3) is 0 Å². The van der Waals surface area contributed by atoms with Gasteiger partial charge in [-0.1, -0.05) is 0 Å². The molecule has 1 aromatic heterocycles. The zero-order chi connectivity index (χ0) is 22.2. The van der Waals surface area contributed by atoms with Crippen LogP contribution in [0.2, 0.25) is 0 Å². The molecule has 170 valence electrons.